The van der Waals surface area contributed by atoms with Crippen LogP contribution in [0.3, 0.4) is 0 Å². The topological polar surface area (TPSA) is 134 Å². The number of benzene rings is 1. The van der Waals surface area contributed by atoms with Crippen LogP contribution in [0.25, 0.3) is 22.3 Å². The van der Waals surface area contributed by atoms with Gasteiger partial charge in [-0.15, -0.1) is 0 Å². The van der Waals surface area contributed by atoms with Gasteiger partial charge in [0.25, 0.3) is 5.91 Å². The summed E-state index contributed by atoms with van der Waals surface area (Å²) in [5.41, 5.74) is 5.64. The Balaban J connectivity index is 1.26. The summed E-state index contributed by atoms with van der Waals surface area (Å²) in [6, 6.07) is 14.5. The fourth-order valence-corrected chi connectivity index (χ4v) is 6.21. The molecule has 232 valence electrons. The summed E-state index contributed by atoms with van der Waals surface area (Å²) in [5, 5.41) is 15.6. The summed E-state index contributed by atoms with van der Waals surface area (Å²) in [7, 11) is -1.21. The van der Waals surface area contributed by atoms with Gasteiger partial charge in [-0.1, -0.05) is 31.8 Å². The van der Waals surface area contributed by atoms with E-state index in [0.717, 1.165) is 59.0 Å². The van der Waals surface area contributed by atoms with Crippen molar-refractivity contribution in [1.82, 2.24) is 29.7 Å². The molecule has 0 unspecified atom stereocenters. The van der Waals surface area contributed by atoms with Gasteiger partial charge < -0.3 is 25.0 Å². The molecular formula is C32H41N7O4Si. The summed E-state index contributed by atoms with van der Waals surface area (Å²) in [6.07, 6.45) is 3.97. The Morgan fingerprint density at radius 2 is 1.89 bits per heavy atom. The number of carboxylic acid groups (broad SMARTS) is 1. The van der Waals surface area contributed by atoms with E-state index >= 15 is 0 Å². The second-order valence-electron chi connectivity index (χ2n) is 12.6. The Kier molecular flexibility index (Phi) is 9.72. The predicted molar refractivity (Wildman–Crippen MR) is 173 cm³/mol. The van der Waals surface area contributed by atoms with E-state index in [1.807, 2.05) is 37.3 Å². The third-order valence-corrected chi connectivity index (χ3v) is 9.55. The van der Waals surface area contributed by atoms with E-state index in [1.54, 1.807) is 18.6 Å². The molecule has 2 amide bonds. The molecule has 1 aliphatic heterocycles. The third kappa shape index (κ3) is 8.07. The molecule has 4 heterocycles. The molecule has 0 saturated carbocycles. The van der Waals surface area contributed by atoms with Crippen molar-refractivity contribution in [2.45, 2.75) is 64.8 Å². The molecule has 0 aliphatic carbocycles. The first-order valence-electron chi connectivity index (χ1n) is 15.0. The lowest BCUT2D eigenvalue weighted by Crippen LogP contribution is -2.46. The number of pyridine rings is 1. The van der Waals surface area contributed by atoms with E-state index in [0.29, 0.717) is 37.8 Å². The summed E-state index contributed by atoms with van der Waals surface area (Å²) in [4.78, 5) is 39.6. The highest BCUT2D eigenvalue weighted by Gasteiger charge is 2.22. The lowest BCUT2D eigenvalue weighted by molar-refractivity contribution is 0.0909. The molecule has 11 nitrogen and oxygen atoms in total. The van der Waals surface area contributed by atoms with Crippen LogP contribution in [-0.4, -0.2) is 75.3 Å². The summed E-state index contributed by atoms with van der Waals surface area (Å²) >= 11 is 0. The third-order valence-electron chi connectivity index (χ3n) is 7.84. The van der Waals surface area contributed by atoms with Crippen LogP contribution in [0, 0.1) is 6.92 Å². The lowest BCUT2D eigenvalue weighted by atomic mass is 10.0. The second-order valence-corrected chi connectivity index (χ2v) is 18.2. The van der Waals surface area contributed by atoms with Crippen LogP contribution in [0.2, 0.25) is 25.7 Å². The lowest BCUT2D eigenvalue weighted by Gasteiger charge is -2.32. The molecule has 0 radical (unpaired) electrons. The van der Waals surface area contributed by atoms with E-state index in [9.17, 15) is 9.59 Å². The Labute approximate surface area is 258 Å². The number of likely N-dealkylation sites (tertiary alicyclic amines) is 1. The van der Waals surface area contributed by atoms with Gasteiger partial charge in [0.15, 0.2) is 0 Å². The van der Waals surface area contributed by atoms with Gasteiger partial charge in [-0.3, -0.25) is 14.7 Å². The van der Waals surface area contributed by atoms with Crippen molar-refractivity contribution < 1.29 is 19.4 Å². The fourth-order valence-electron chi connectivity index (χ4n) is 5.45. The van der Waals surface area contributed by atoms with E-state index in [4.69, 9.17) is 9.84 Å². The molecule has 5 rings (SSSR count). The minimum absolute atomic E-state index is 0.0884. The average molecular weight is 616 g/mol. The first-order valence-corrected chi connectivity index (χ1v) is 18.7. The number of hydrogen-bond acceptors (Lipinski definition) is 7. The fraction of sp³-hybridized carbons (Fsp3) is 0.406. The maximum absolute atomic E-state index is 13.1. The molecule has 3 aromatic heterocycles. The van der Waals surface area contributed by atoms with Gasteiger partial charge in [0.05, 0.1) is 11.4 Å². The predicted octanol–water partition coefficient (Wildman–Crippen LogP) is 5.60. The molecule has 1 atom stereocenters. The van der Waals surface area contributed by atoms with Gasteiger partial charge in [0.2, 0.25) is 0 Å². The maximum Gasteiger partial charge on any atom is 0.404 e. The van der Waals surface area contributed by atoms with Crippen molar-refractivity contribution in [1.29, 1.82) is 0 Å². The Morgan fingerprint density at radius 3 is 2.64 bits per heavy atom. The molecule has 1 aromatic carbocycles. The van der Waals surface area contributed by atoms with Crippen LogP contribution < -0.4 is 10.6 Å². The smallest absolute Gasteiger partial charge is 0.404 e. The monoisotopic (exact) mass is 615 g/mol. The maximum atomic E-state index is 13.1. The number of aryl methyl sites for hydroxylation is 1. The molecule has 1 aliphatic rings. The standard InChI is InChI=1S/C32H41N7O4Si/c1-22-27-17-29(39(30(27)35-20-34-22)21-43-14-15-44(2,3)4)24-7-9-25(10-8-24)36-31(40)28-16-23(11-12-33-28)18-38-13-5-6-26(19-38)37-32(41)42/h7-12,16-17,20,26,37H,5-6,13-15,18-19,21H2,1-4H3,(H,36,40)(H,41,42)/t26-/m1/s1. The van der Waals surface area contributed by atoms with Crippen LogP contribution in [0.15, 0.2) is 55.0 Å². The van der Waals surface area contributed by atoms with Gasteiger partial charge in [-0.05, 0) is 73.8 Å². The Morgan fingerprint density at radius 1 is 1.09 bits per heavy atom. The highest BCUT2D eigenvalue weighted by atomic mass is 28.3. The number of piperidine rings is 1. The Bertz CT molecular complexity index is 1620. The van der Waals surface area contributed by atoms with Crippen LogP contribution in [0.5, 0.6) is 0 Å². The van der Waals surface area contributed by atoms with Gasteiger partial charge in [0.1, 0.15) is 24.4 Å². The number of carbonyl (C=O) groups excluding carboxylic acids is 1. The Hall–Kier alpha value is -4.13. The van der Waals surface area contributed by atoms with Crippen molar-refractivity contribution in [3.05, 3.63) is 71.9 Å². The number of nitrogens with zero attached hydrogens (tertiary/aromatic N) is 5. The van der Waals surface area contributed by atoms with Crippen molar-refractivity contribution >= 4 is 36.8 Å². The second kappa shape index (κ2) is 13.7. The number of carbonyl (C=O) groups is 2. The zero-order chi connectivity index (χ0) is 31.3. The molecular weight excluding hydrogens is 574 g/mol. The molecule has 1 fully saturated rings. The highest BCUT2D eigenvalue weighted by molar-refractivity contribution is 6.76. The molecule has 0 spiro atoms. The number of aromatic nitrogens is 4. The number of anilines is 1. The zero-order valence-corrected chi connectivity index (χ0v) is 26.8. The molecule has 3 N–H and O–H groups in total. The minimum Gasteiger partial charge on any atom is -0.465 e. The molecule has 44 heavy (non-hydrogen) atoms. The quantitative estimate of drug-likeness (QED) is 0.147. The van der Waals surface area contributed by atoms with Gasteiger partial charge in [-0.2, -0.15) is 0 Å². The number of hydrogen-bond donors (Lipinski definition) is 3. The van der Waals surface area contributed by atoms with Crippen molar-refractivity contribution in [3.63, 3.8) is 0 Å². The first-order chi connectivity index (χ1) is 21.1. The molecule has 1 saturated heterocycles. The summed E-state index contributed by atoms with van der Waals surface area (Å²) in [5.74, 6) is -0.292. The average Bonchev–Trinajstić information content (AvgIpc) is 3.35. The summed E-state index contributed by atoms with van der Waals surface area (Å²) < 4.78 is 8.19. The number of ether oxygens (including phenoxy) is 1. The van der Waals surface area contributed by atoms with Crippen molar-refractivity contribution in [2.24, 2.45) is 0 Å². The van der Waals surface area contributed by atoms with Gasteiger partial charge in [-0.25, -0.2) is 14.8 Å². The number of amides is 2. The largest absolute Gasteiger partial charge is 0.465 e. The minimum atomic E-state index is -1.21. The SMILES string of the molecule is Cc1ncnc2c1cc(-c1ccc(NC(=O)c3cc(CN4CCC[C@@H](NC(=O)O)C4)ccn3)cc1)n2COCC[Si](C)(C)C. The molecule has 0 bridgehead atoms. The molecule has 12 heteroatoms. The van der Waals surface area contributed by atoms with E-state index < -0.39 is 14.2 Å². The number of fused-ring (bicyclic) bond motifs is 1. The van der Waals surface area contributed by atoms with Crippen LogP contribution in [0.4, 0.5) is 10.5 Å². The first kappa shape index (κ1) is 31.3. The highest BCUT2D eigenvalue weighted by Crippen LogP contribution is 2.29. The summed E-state index contributed by atoms with van der Waals surface area (Å²) in [6.45, 7) is 12.2. The zero-order valence-electron chi connectivity index (χ0n) is 25.8. The van der Waals surface area contributed by atoms with Gasteiger partial charge in [0, 0.05) is 51.1 Å². The van der Waals surface area contributed by atoms with E-state index in [2.05, 4.69) is 60.8 Å². The molecule has 4 aromatic rings. The van der Waals surface area contributed by atoms with Gasteiger partial charge >= 0.3 is 6.09 Å². The van der Waals surface area contributed by atoms with Crippen LogP contribution in [-0.2, 0) is 18.0 Å². The normalized spacial score (nSPS) is 15.8. The van der Waals surface area contributed by atoms with E-state index in [1.165, 1.54) is 0 Å². The van der Waals surface area contributed by atoms with E-state index in [-0.39, 0.29) is 11.9 Å². The number of nitrogens with one attached hydrogen (secondary N) is 2. The van der Waals surface area contributed by atoms with Crippen molar-refractivity contribution in [2.75, 3.05) is 25.0 Å². The van der Waals surface area contributed by atoms with Crippen LogP contribution in [0.1, 0.15) is 34.6 Å². The number of rotatable bonds is 11. The van der Waals surface area contributed by atoms with Crippen LogP contribution >= 0.6 is 0 Å². The van der Waals surface area contributed by atoms with Crippen molar-refractivity contribution in [3.8, 4) is 11.3 Å².